The van der Waals surface area contributed by atoms with E-state index in [9.17, 15) is 0 Å². The van der Waals surface area contributed by atoms with Crippen molar-refractivity contribution < 1.29 is 4.74 Å². The van der Waals surface area contributed by atoms with Gasteiger partial charge in [-0.3, -0.25) is 4.90 Å². The van der Waals surface area contributed by atoms with Crippen LogP contribution in [0.5, 0.6) is 5.75 Å². The molecule has 0 atom stereocenters. The van der Waals surface area contributed by atoms with Crippen molar-refractivity contribution in [2.24, 2.45) is 0 Å². The van der Waals surface area contributed by atoms with Crippen LogP contribution in [-0.2, 0) is 12.8 Å². The number of nitrogens with zero attached hydrogens (tertiary/aromatic N) is 1. The number of hydrogen-bond donors (Lipinski definition) is 0. The van der Waals surface area contributed by atoms with Gasteiger partial charge in [0.25, 0.3) is 0 Å². The van der Waals surface area contributed by atoms with Crippen molar-refractivity contribution in [1.82, 2.24) is 4.90 Å². The Kier molecular flexibility index (Phi) is 5.70. The van der Waals surface area contributed by atoms with E-state index in [2.05, 4.69) is 83.8 Å². The van der Waals surface area contributed by atoms with Crippen LogP contribution in [0.2, 0.25) is 0 Å². The normalized spacial score (nSPS) is 16.3. The number of ether oxygens (including phenoxy) is 1. The van der Waals surface area contributed by atoms with Crippen LogP contribution in [0.4, 0.5) is 0 Å². The first-order chi connectivity index (χ1) is 13.4. The molecule has 2 aliphatic rings. The molecule has 0 saturated carbocycles. The first-order valence-corrected chi connectivity index (χ1v) is 10.00. The lowest BCUT2D eigenvalue weighted by atomic mass is 9.94. The summed E-state index contributed by atoms with van der Waals surface area (Å²) in [7, 11) is 0. The summed E-state index contributed by atoms with van der Waals surface area (Å²) < 4.78 is 6.40. The highest BCUT2D eigenvalue weighted by Crippen LogP contribution is 2.35. The molecule has 3 aromatic carbocycles. The first kappa shape index (κ1) is 19.0. The zero-order valence-corrected chi connectivity index (χ0v) is 16.8. The molecule has 0 amide bonds. The summed E-state index contributed by atoms with van der Waals surface area (Å²) in [5, 5.41) is 0. The summed E-state index contributed by atoms with van der Waals surface area (Å²) in [5.74, 6) is 1.12. The Morgan fingerprint density at radius 1 is 0.750 bits per heavy atom. The van der Waals surface area contributed by atoms with E-state index in [4.69, 9.17) is 4.74 Å². The van der Waals surface area contributed by atoms with Crippen molar-refractivity contribution in [3.8, 4) is 5.75 Å². The minimum Gasteiger partial charge on any atom is -0.487 e. The Morgan fingerprint density at radius 2 is 1.39 bits per heavy atom. The van der Waals surface area contributed by atoms with Gasteiger partial charge in [0.2, 0.25) is 0 Å². The molecule has 1 aliphatic carbocycles. The van der Waals surface area contributed by atoms with Crippen LogP contribution in [0.1, 0.15) is 34.7 Å². The second-order valence-electron chi connectivity index (χ2n) is 7.67. The van der Waals surface area contributed by atoms with Crippen LogP contribution in [0, 0.1) is 0 Å². The lowest BCUT2D eigenvalue weighted by Gasteiger charge is -2.44. The van der Waals surface area contributed by atoms with Gasteiger partial charge in [0.15, 0.2) is 0 Å². The molecule has 0 radical (unpaired) electrons. The molecule has 28 heavy (non-hydrogen) atoms. The summed E-state index contributed by atoms with van der Waals surface area (Å²) in [4.78, 5) is 2.53. The van der Waals surface area contributed by atoms with Crippen molar-refractivity contribution in [1.29, 1.82) is 0 Å². The number of halogens is 1. The van der Waals surface area contributed by atoms with Crippen molar-refractivity contribution in [3.05, 3.63) is 101 Å². The number of fused-ring (bicyclic) bond motifs is 1. The zero-order valence-electron chi connectivity index (χ0n) is 16.0. The average molecular weight is 392 g/mol. The quantitative estimate of drug-likeness (QED) is 0.573. The van der Waals surface area contributed by atoms with Crippen molar-refractivity contribution in [2.75, 3.05) is 13.1 Å². The van der Waals surface area contributed by atoms with E-state index in [1.54, 1.807) is 0 Å². The Bertz CT molecular complexity index is 867. The Labute approximate surface area is 173 Å². The van der Waals surface area contributed by atoms with E-state index in [0.29, 0.717) is 6.04 Å². The van der Waals surface area contributed by atoms with E-state index >= 15 is 0 Å². The van der Waals surface area contributed by atoms with Crippen LogP contribution >= 0.6 is 12.4 Å². The molecule has 2 nitrogen and oxygen atoms in total. The van der Waals surface area contributed by atoms with Crippen LogP contribution in [0.15, 0.2) is 78.9 Å². The third-order valence-electron chi connectivity index (χ3n) is 5.87. The monoisotopic (exact) mass is 391 g/mol. The molecular formula is C25H26ClNO. The zero-order chi connectivity index (χ0) is 18.1. The molecule has 1 saturated heterocycles. The Hall–Kier alpha value is -2.29. The molecule has 0 bridgehead atoms. The third kappa shape index (κ3) is 3.67. The van der Waals surface area contributed by atoms with E-state index in [1.807, 2.05) is 0 Å². The van der Waals surface area contributed by atoms with Crippen molar-refractivity contribution >= 4 is 12.4 Å². The highest BCUT2D eigenvalue weighted by atomic mass is 35.5. The Morgan fingerprint density at radius 3 is 2.04 bits per heavy atom. The number of benzene rings is 3. The lowest BCUT2D eigenvalue weighted by Crippen LogP contribution is -2.55. The average Bonchev–Trinajstić information content (AvgIpc) is 3.18. The van der Waals surface area contributed by atoms with E-state index in [0.717, 1.165) is 18.8 Å². The number of hydrogen-bond acceptors (Lipinski definition) is 2. The molecule has 0 aromatic heterocycles. The molecule has 3 aromatic rings. The summed E-state index contributed by atoms with van der Waals surface area (Å²) >= 11 is 0. The van der Waals surface area contributed by atoms with Gasteiger partial charge in [0, 0.05) is 13.1 Å². The van der Waals surface area contributed by atoms with Gasteiger partial charge >= 0.3 is 0 Å². The number of rotatable bonds is 5. The maximum atomic E-state index is 6.40. The molecule has 3 heteroatoms. The third-order valence-corrected chi connectivity index (χ3v) is 5.87. The van der Waals surface area contributed by atoms with Gasteiger partial charge < -0.3 is 4.74 Å². The summed E-state index contributed by atoms with van der Waals surface area (Å²) in [5.41, 5.74) is 5.62. The van der Waals surface area contributed by atoms with Gasteiger partial charge in [-0.1, -0.05) is 72.8 Å². The predicted molar refractivity (Wildman–Crippen MR) is 116 cm³/mol. The summed E-state index contributed by atoms with van der Waals surface area (Å²) in [6.45, 7) is 1.94. The summed E-state index contributed by atoms with van der Waals surface area (Å²) in [6.07, 6.45) is 3.91. The molecule has 144 valence electrons. The topological polar surface area (TPSA) is 12.5 Å². The first-order valence-electron chi connectivity index (χ1n) is 10.00. The highest BCUT2D eigenvalue weighted by Gasteiger charge is 2.35. The fourth-order valence-corrected chi connectivity index (χ4v) is 4.51. The molecular weight excluding hydrogens is 366 g/mol. The van der Waals surface area contributed by atoms with Crippen LogP contribution in [0.3, 0.4) is 0 Å². The maximum Gasteiger partial charge on any atom is 0.124 e. The second-order valence-corrected chi connectivity index (χ2v) is 7.67. The molecule has 1 aliphatic heterocycles. The minimum absolute atomic E-state index is 0. The van der Waals surface area contributed by atoms with Gasteiger partial charge in [0.05, 0.1) is 6.04 Å². The second kappa shape index (κ2) is 8.38. The molecule has 1 fully saturated rings. The van der Waals surface area contributed by atoms with Crippen molar-refractivity contribution in [2.45, 2.75) is 31.4 Å². The van der Waals surface area contributed by atoms with E-state index in [1.165, 1.54) is 41.5 Å². The fourth-order valence-electron chi connectivity index (χ4n) is 4.51. The summed E-state index contributed by atoms with van der Waals surface area (Å²) in [6, 6.07) is 28.5. The molecule has 0 unspecified atom stereocenters. The molecule has 0 spiro atoms. The molecule has 5 rings (SSSR count). The Balaban J connectivity index is 0.00000192. The largest absolute Gasteiger partial charge is 0.487 e. The van der Waals surface area contributed by atoms with Gasteiger partial charge in [0.1, 0.15) is 11.9 Å². The van der Waals surface area contributed by atoms with Crippen LogP contribution in [0.25, 0.3) is 0 Å². The van der Waals surface area contributed by atoms with Crippen LogP contribution < -0.4 is 4.74 Å². The predicted octanol–water partition coefficient (Wildman–Crippen LogP) is 5.45. The van der Waals surface area contributed by atoms with E-state index < -0.39 is 0 Å². The number of aryl methyl sites for hydroxylation is 1. The molecule has 0 N–H and O–H groups in total. The lowest BCUT2D eigenvalue weighted by molar-refractivity contribution is -0.000162. The fraction of sp³-hybridized carbons (Fsp3) is 0.280. The van der Waals surface area contributed by atoms with E-state index in [-0.39, 0.29) is 18.5 Å². The minimum atomic E-state index is 0. The van der Waals surface area contributed by atoms with Gasteiger partial charge in [-0.2, -0.15) is 0 Å². The smallest absolute Gasteiger partial charge is 0.124 e. The number of likely N-dealkylation sites (tertiary alicyclic amines) is 1. The van der Waals surface area contributed by atoms with Gasteiger partial charge in [-0.25, -0.2) is 0 Å². The van der Waals surface area contributed by atoms with Crippen molar-refractivity contribution in [3.63, 3.8) is 0 Å². The molecule has 1 heterocycles. The van der Waals surface area contributed by atoms with Gasteiger partial charge in [-0.15, -0.1) is 12.4 Å². The standard InChI is InChI=1S/C25H25NO.ClH/c1-3-9-20(10-4-1)25(21-11-5-2-6-12-21)26-17-22(18-26)27-24-16-8-14-19-13-7-15-23(19)24;/h1-6,8-12,14,16,22,25H,7,13,15,17-18H2;1H. The van der Waals surface area contributed by atoms with Gasteiger partial charge in [-0.05, 0) is 47.6 Å². The SMILES string of the molecule is Cl.c1ccc(C(c2ccccc2)N2CC(Oc3cccc4c3CCC4)C2)cc1. The van der Waals surface area contributed by atoms with Crippen LogP contribution in [-0.4, -0.2) is 24.1 Å². The highest BCUT2D eigenvalue weighted by molar-refractivity contribution is 5.85. The maximum absolute atomic E-state index is 6.40.